The highest BCUT2D eigenvalue weighted by Crippen LogP contribution is 2.40. The van der Waals surface area contributed by atoms with Gasteiger partial charge in [0.1, 0.15) is 0 Å². The van der Waals surface area contributed by atoms with E-state index < -0.39 is 0 Å². The third kappa shape index (κ3) is 3.12. The van der Waals surface area contributed by atoms with Gasteiger partial charge in [0.25, 0.3) is 0 Å². The molecule has 0 fully saturated rings. The second-order valence-corrected chi connectivity index (χ2v) is 7.16. The van der Waals surface area contributed by atoms with Gasteiger partial charge in [0, 0.05) is 16.2 Å². The van der Waals surface area contributed by atoms with Crippen molar-refractivity contribution >= 4 is 11.8 Å². The van der Waals surface area contributed by atoms with Crippen molar-refractivity contribution in [1.82, 2.24) is 5.32 Å². The average molecular weight is 287 g/mol. The fraction of sp³-hybridized carbons (Fsp3) is 0.556. The van der Waals surface area contributed by atoms with Crippen LogP contribution in [-0.2, 0) is 6.42 Å². The summed E-state index contributed by atoms with van der Waals surface area (Å²) in [5, 5.41) is 4.45. The first-order valence-electron chi connectivity index (χ1n) is 8.05. The molecule has 0 saturated carbocycles. The van der Waals surface area contributed by atoms with Crippen LogP contribution in [-0.4, -0.2) is 17.8 Å². The maximum absolute atomic E-state index is 3.77. The molecule has 2 aliphatic rings. The number of benzene rings is 1. The Balaban J connectivity index is 1.76. The minimum atomic E-state index is 0.565. The van der Waals surface area contributed by atoms with Gasteiger partial charge in [-0.25, -0.2) is 0 Å². The molecule has 2 heteroatoms. The Hall–Kier alpha value is -0.730. The molecule has 0 spiro atoms. The molecule has 0 saturated heterocycles. The smallest absolute Gasteiger partial charge is 0.0406 e. The Morgan fingerprint density at radius 1 is 1.25 bits per heavy atom. The first-order chi connectivity index (χ1) is 9.88. The van der Waals surface area contributed by atoms with E-state index >= 15 is 0 Å². The summed E-state index contributed by atoms with van der Waals surface area (Å²) in [5.74, 6) is 0. The van der Waals surface area contributed by atoms with Gasteiger partial charge >= 0.3 is 0 Å². The van der Waals surface area contributed by atoms with Crippen molar-refractivity contribution in [3.8, 4) is 0 Å². The maximum Gasteiger partial charge on any atom is 0.0406 e. The van der Waals surface area contributed by atoms with Crippen molar-refractivity contribution in [3.63, 3.8) is 0 Å². The van der Waals surface area contributed by atoms with Crippen molar-refractivity contribution in [3.05, 3.63) is 41.5 Å². The van der Waals surface area contributed by atoms with Crippen LogP contribution in [0.3, 0.4) is 0 Å². The molecule has 1 aliphatic carbocycles. The number of rotatable bonds is 4. The van der Waals surface area contributed by atoms with Gasteiger partial charge in [0.15, 0.2) is 0 Å². The lowest BCUT2D eigenvalue weighted by atomic mass is 9.95. The molecule has 3 rings (SSSR count). The molecule has 0 radical (unpaired) electrons. The van der Waals surface area contributed by atoms with E-state index in [-0.39, 0.29) is 0 Å². The molecule has 1 N–H and O–H groups in total. The molecule has 0 amide bonds. The highest BCUT2D eigenvalue weighted by Gasteiger charge is 2.30. The monoisotopic (exact) mass is 287 g/mol. The van der Waals surface area contributed by atoms with Gasteiger partial charge in [-0.05, 0) is 50.3 Å². The first-order valence-corrected chi connectivity index (χ1v) is 8.93. The van der Waals surface area contributed by atoms with Crippen LogP contribution in [0.1, 0.15) is 44.6 Å². The lowest BCUT2D eigenvalue weighted by Crippen LogP contribution is -2.39. The number of likely N-dealkylation sites (N-methyl/N-ethyl adjacent to an activating group) is 1. The van der Waals surface area contributed by atoms with Crippen LogP contribution >= 0.6 is 11.8 Å². The number of hydrogen-bond donors (Lipinski definition) is 1. The van der Waals surface area contributed by atoms with E-state index in [0.29, 0.717) is 11.3 Å². The first kappa shape index (κ1) is 14.2. The predicted molar refractivity (Wildman–Crippen MR) is 88.4 cm³/mol. The molecular weight excluding hydrogens is 262 g/mol. The van der Waals surface area contributed by atoms with E-state index in [0.717, 1.165) is 6.54 Å². The number of nitrogens with one attached hydrogen (secondary N) is 1. The quantitative estimate of drug-likeness (QED) is 0.814. The summed E-state index contributed by atoms with van der Waals surface area (Å²) >= 11 is 2.08. The fourth-order valence-corrected chi connectivity index (χ4v) is 4.89. The second-order valence-electron chi connectivity index (χ2n) is 5.88. The normalized spacial score (nSPS) is 23.9. The Labute approximate surface area is 127 Å². The summed E-state index contributed by atoms with van der Waals surface area (Å²) in [5.41, 5.74) is 3.22. The van der Waals surface area contributed by atoms with Gasteiger partial charge in [-0.3, -0.25) is 0 Å². The summed E-state index contributed by atoms with van der Waals surface area (Å²) in [6.07, 6.45) is 10.5. The summed E-state index contributed by atoms with van der Waals surface area (Å²) in [4.78, 5) is 1.50. The van der Waals surface area contributed by atoms with Gasteiger partial charge in [0.2, 0.25) is 0 Å². The zero-order chi connectivity index (χ0) is 13.8. The van der Waals surface area contributed by atoms with Gasteiger partial charge in [-0.1, -0.05) is 43.2 Å². The highest BCUT2D eigenvalue weighted by molar-refractivity contribution is 8.00. The van der Waals surface area contributed by atoms with Crippen LogP contribution in [0.4, 0.5) is 0 Å². The summed E-state index contributed by atoms with van der Waals surface area (Å²) < 4.78 is 0. The standard InChI is InChI=1S/C18H25NS/c1-2-19-18(14-9-5-3-4-6-10-14)17-13-15-11-7-8-12-16(15)20-17/h7-9,11-12,17-19H,2-6,10,13H2,1H3. The van der Waals surface area contributed by atoms with Crippen LogP contribution in [0.2, 0.25) is 0 Å². The molecule has 1 heterocycles. The van der Waals surface area contributed by atoms with Crippen LogP contribution in [0, 0.1) is 0 Å². The topological polar surface area (TPSA) is 12.0 Å². The molecule has 0 aromatic heterocycles. The largest absolute Gasteiger partial charge is 0.310 e. The van der Waals surface area contributed by atoms with Gasteiger partial charge in [0.05, 0.1) is 0 Å². The second kappa shape index (κ2) is 6.82. The van der Waals surface area contributed by atoms with Gasteiger partial charge in [-0.15, -0.1) is 11.8 Å². The minimum Gasteiger partial charge on any atom is -0.310 e. The molecular formula is C18H25NS. The molecule has 0 bridgehead atoms. The number of fused-ring (bicyclic) bond motifs is 1. The van der Waals surface area contributed by atoms with Gasteiger partial charge < -0.3 is 5.32 Å². The van der Waals surface area contributed by atoms with Crippen LogP contribution in [0.25, 0.3) is 0 Å². The SMILES string of the molecule is CCNC(C1=CCCCCC1)C1Cc2ccccc2S1. The fourth-order valence-electron chi connectivity index (χ4n) is 3.44. The molecule has 1 nitrogen and oxygen atoms in total. The average Bonchev–Trinajstić information content (AvgIpc) is 2.71. The summed E-state index contributed by atoms with van der Waals surface area (Å²) in [7, 11) is 0. The number of hydrogen-bond acceptors (Lipinski definition) is 2. The lowest BCUT2D eigenvalue weighted by Gasteiger charge is -2.26. The van der Waals surface area contributed by atoms with E-state index in [9.17, 15) is 0 Å². The Kier molecular flexibility index (Phi) is 4.85. The van der Waals surface area contributed by atoms with E-state index in [1.54, 1.807) is 11.1 Å². The highest BCUT2D eigenvalue weighted by atomic mass is 32.2. The molecule has 2 unspecified atom stereocenters. The van der Waals surface area contributed by atoms with Crippen molar-refractivity contribution in [1.29, 1.82) is 0 Å². The third-order valence-corrected chi connectivity index (χ3v) is 5.84. The third-order valence-electron chi connectivity index (χ3n) is 4.44. The molecule has 1 aromatic rings. The van der Waals surface area contributed by atoms with Crippen molar-refractivity contribution in [2.45, 2.75) is 61.6 Å². The molecule has 2 atom stereocenters. The lowest BCUT2D eigenvalue weighted by molar-refractivity contribution is 0.546. The van der Waals surface area contributed by atoms with Crippen molar-refractivity contribution in [2.24, 2.45) is 0 Å². The number of allylic oxidation sites excluding steroid dienone is 1. The van der Waals surface area contributed by atoms with E-state index in [2.05, 4.69) is 54.3 Å². The summed E-state index contributed by atoms with van der Waals surface area (Å²) in [6.45, 7) is 3.30. The van der Waals surface area contributed by atoms with Crippen LogP contribution < -0.4 is 5.32 Å². The Morgan fingerprint density at radius 3 is 3.00 bits per heavy atom. The Morgan fingerprint density at radius 2 is 2.15 bits per heavy atom. The minimum absolute atomic E-state index is 0.565. The van der Waals surface area contributed by atoms with Crippen molar-refractivity contribution in [2.75, 3.05) is 6.54 Å². The number of thioether (sulfide) groups is 1. The van der Waals surface area contributed by atoms with Gasteiger partial charge in [-0.2, -0.15) is 0 Å². The molecule has 1 aliphatic heterocycles. The van der Waals surface area contributed by atoms with Crippen molar-refractivity contribution < 1.29 is 0 Å². The zero-order valence-electron chi connectivity index (χ0n) is 12.4. The summed E-state index contributed by atoms with van der Waals surface area (Å²) in [6, 6.07) is 9.49. The van der Waals surface area contributed by atoms with E-state index in [1.807, 2.05) is 0 Å². The zero-order valence-corrected chi connectivity index (χ0v) is 13.2. The van der Waals surface area contributed by atoms with Crippen LogP contribution in [0.15, 0.2) is 40.8 Å². The molecule has 108 valence electrons. The van der Waals surface area contributed by atoms with Crippen LogP contribution in [0.5, 0.6) is 0 Å². The Bertz CT molecular complexity index is 455. The van der Waals surface area contributed by atoms with E-state index in [4.69, 9.17) is 0 Å². The molecule has 1 aromatic carbocycles. The maximum atomic E-state index is 3.77. The molecule has 20 heavy (non-hydrogen) atoms. The van der Waals surface area contributed by atoms with E-state index in [1.165, 1.54) is 43.4 Å². The predicted octanol–water partition coefficient (Wildman–Crippen LogP) is 4.57.